The summed E-state index contributed by atoms with van der Waals surface area (Å²) in [7, 11) is 4.56. The van der Waals surface area contributed by atoms with Crippen molar-refractivity contribution < 1.29 is 9.59 Å². The van der Waals surface area contributed by atoms with Crippen molar-refractivity contribution in [2.24, 2.45) is 11.8 Å². The maximum atomic E-state index is 11.0. The van der Waals surface area contributed by atoms with Crippen LogP contribution in [0.15, 0.2) is 24.3 Å². The van der Waals surface area contributed by atoms with E-state index in [0.717, 1.165) is 36.2 Å². The lowest BCUT2D eigenvalue weighted by Gasteiger charge is -2.50. The molecule has 0 aromatic heterocycles. The van der Waals surface area contributed by atoms with Gasteiger partial charge in [-0.2, -0.15) is 0 Å². The summed E-state index contributed by atoms with van der Waals surface area (Å²) in [5.74, 6) is 1.44. The van der Waals surface area contributed by atoms with Crippen LogP contribution in [0.2, 0.25) is 0 Å². The fourth-order valence-electron chi connectivity index (χ4n) is 4.22. The van der Waals surface area contributed by atoms with Crippen LogP contribution in [0.5, 0.6) is 0 Å². The molecule has 2 heteroatoms. The molecule has 22 heavy (non-hydrogen) atoms. The molecule has 0 heterocycles. The molecule has 1 saturated carbocycles. The Bertz CT molecular complexity index is 487. The summed E-state index contributed by atoms with van der Waals surface area (Å²) in [4.78, 5) is 0. The normalized spacial score (nSPS) is 29.8. The molecule has 1 aromatic rings. The number of hydrogen-bond donors (Lipinski definition) is 1. The van der Waals surface area contributed by atoms with Gasteiger partial charge in [0.25, 0.3) is 0 Å². The van der Waals surface area contributed by atoms with Crippen LogP contribution in [0.4, 0.5) is 0 Å². The Balaban J connectivity index is 2.18. The fourth-order valence-corrected chi connectivity index (χ4v) is 4.22. The largest absolute Gasteiger partial charge is 0.384 e. The van der Waals surface area contributed by atoms with Gasteiger partial charge in [-0.3, -0.25) is 0 Å². The van der Waals surface area contributed by atoms with Crippen LogP contribution in [0.25, 0.3) is 0 Å². The Morgan fingerprint density at radius 3 is 2.36 bits per heavy atom. The Labute approximate surface area is 136 Å². The summed E-state index contributed by atoms with van der Waals surface area (Å²) >= 11 is 0. The third-order valence-corrected chi connectivity index (χ3v) is 5.76. The van der Waals surface area contributed by atoms with Gasteiger partial charge in [0.15, 0.2) is 0 Å². The highest BCUT2D eigenvalue weighted by Gasteiger charge is 2.47. The Kier molecular flexibility index (Phi) is 5.03. The predicted octanol–water partition coefficient (Wildman–Crippen LogP) is 4.15. The summed E-state index contributed by atoms with van der Waals surface area (Å²) in [6.07, 6.45) is 3.21. The van der Waals surface area contributed by atoms with Crippen molar-refractivity contribution >= 4 is 0 Å². The molecule has 1 fully saturated rings. The van der Waals surface area contributed by atoms with E-state index in [9.17, 15) is 5.11 Å². The summed E-state index contributed by atoms with van der Waals surface area (Å²) in [6, 6.07) is 9.13. The van der Waals surface area contributed by atoms with E-state index in [1.807, 2.05) is 6.92 Å². The standard InChI is InChI=1S/C20H34NO/c1-15(2)18-11-12-20(4,22)19(13-18)21(5,6)14-17-9-7-16(3)8-10-17/h7-10,15,18-19,22H,11-14H2,1-6H3/q+1. The third-order valence-electron chi connectivity index (χ3n) is 5.76. The summed E-state index contributed by atoms with van der Waals surface area (Å²) < 4.78 is 0.860. The first-order valence-corrected chi connectivity index (χ1v) is 8.72. The Morgan fingerprint density at radius 2 is 1.82 bits per heavy atom. The molecule has 1 aliphatic carbocycles. The van der Waals surface area contributed by atoms with Crippen LogP contribution in [0.3, 0.4) is 0 Å². The van der Waals surface area contributed by atoms with Crippen molar-refractivity contribution in [3.05, 3.63) is 35.4 Å². The molecule has 1 N–H and O–H groups in total. The quantitative estimate of drug-likeness (QED) is 0.829. The topological polar surface area (TPSA) is 20.2 Å². The molecule has 1 aliphatic rings. The molecule has 0 aliphatic heterocycles. The third kappa shape index (κ3) is 3.91. The Morgan fingerprint density at radius 1 is 1.23 bits per heavy atom. The van der Waals surface area contributed by atoms with Crippen molar-refractivity contribution in [1.29, 1.82) is 0 Å². The van der Waals surface area contributed by atoms with E-state index in [1.54, 1.807) is 0 Å². The van der Waals surface area contributed by atoms with Gasteiger partial charge in [0.05, 0.1) is 14.1 Å². The highest BCUT2D eigenvalue weighted by molar-refractivity contribution is 5.20. The van der Waals surface area contributed by atoms with Crippen LogP contribution in [0, 0.1) is 18.8 Å². The van der Waals surface area contributed by atoms with E-state index in [2.05, 4.69) is 59.1 Å². The molecule has 0 amide bonds. The number of nitrogens with zero attached hydrogens (tertiary/aromatic N) is 1. The fraction of sp³-hybridized carbons (Fsp3) is 0.700. The molecule has 1 aromatic carbocycles. The molecular formula is C20H34NO+. The lowest BCUT2D eigenvalue weighted by Crippen LogP contribution is -2.61. The lowest BCUT2D eigenvalue weighted by molar-refractivity contribution is -0.936. The minimum absolute atomic E-state index is 0.301. The minimum atomic E-state index is -0.556. The molecule has 0 bridgehead atoms. The van der Waals surface area contributed by atoms with Gasteiger partial charge in [-0.25, -0.2) is 0 Å². The lowest BCUT2D eigenvalue weighted by atomic mass is 9.71. The van der Waals surface area contributed by atoms with Gasteiger partial charge < -0.3 is 9.59 Å². The second kappa shape index (κ2) is 6.33. The van der Waals surface area contributed by atoms with Crippen molar-refractivity contribution in [3.63, 3.8) is 0 Å². The number of quaternary nitrogens is 1. The minimum Gasteiger partial charge on any atom is -0.384 e. The number of likely N-dealkylation sites (N-methyl/N-ethyl adjacent to an activating group) is 1. The maximum Gasteiger partial charge on any atom is 0.118 e. The first kappa shape index (κ1) is 17.5. The molecule has 2 nitrogen and oxygen atoms in total. The zero-order valence-electron chi connectivity index (χ0n) is 15.3. The van der Waals surface area contributed by atoms with E-state index < -0.39 is 5.60 Å². The summed E-state index contributed by atoms with van der Waals surface area (Å²) in [5.41, 5.74) is 2.11. The van der Waals surface area contributed by atoms with Gasteiger partial charge in [0.2, 0.25) is 0 Å². The number of aryl methyl sites for hydroxylation is 1. The summed E-state index contributed by atoms with van der Waals surface area (Å²) in [5, 5.41) is 11.0. The van der Waals surface area contributed by atoms with Crippen molar-refractivity contribution in [2.75, 3.05) is 14.1 Å². The van der Waals surface area contributed by atoms with Crippen LogP contribution in [-0.4, -0.2) is 35.3 Å². The zero-order chi connectivity index (χ0) is 16.5. The van der Waals surface area contributed by atoms with Gasteiger partial charge in [-0.1, -0.05) is 43.7 Å². The van der Waals surface area contributed by atoms with Crippen molar-refractivity contribution in [2.45, 2.75) is 65.1 Å². The highest BCUT2D eigenvalue weighted by atomic mass is 16.3. The molecule has 3 atom stereocenters. The van der Waals surface area contributed by atoms with Crippen molar-refractivity contribution in [1.82, 2.24) is 0 Å². The van der Waals surface area contributed by atoms with Gasteiger partial charge in [-0.05, 0) is 38.5 Å². The van der Waals surface area contributed by atoms with Gasteiger partial charge in [-0.15, -0.1) is 0 Å². The summed E-state index contributed by atoms with van der Waals surface area (Å²) in [6.45, 7) is 9.79. The van der Waals surface area contributed by atoms with E-state index in [0.29, 0.717) is 12.0 Å². The molecular weight excluding hydrogens is 270 g/mol. The molecule has 0 radical (unpaired) electrons. The van der Waals surface area contributed by atoms with E-state index in [1.165, 1.54) is 11.1 Å². The maximum absolute atomic E-state index is 11.0. The molecule has 3 unspecified atom stereocenters. The first-order valence-electron chi connectivity index (χ1n) is 8.72. The van der Waals surface area contributed by atoms with E-state index >= 15 is 0 Å². The van der Waals surface area contributed by atoms with Gasteiger partial charge in [0, 0.05) is 12.0 Å². The van der Waals surface area contributed by atoms with Crippen LogP contribution in [0.1, 0.15) is 51.2 Å². The molecule has 0 saturated heterocycles. The molecule has 2 rings (SSSR count). The number of hydrogen-bond acceptors (Lipinski definition) is 1. The highest BCUT2D eigenvalue weighted by Crippen LogP contribution is 2.40. The second-order valence-electron chi connectivity index (χ2n) is 8.57. The van der Waals surface area contributed by atoms with Crippen molar-refractivity contribution in [3.8, 4) is 0 Å². The molecule has 124 valence electrons. The number of benzene rings is 1. The average molecular weight is 304 g/mol. The van der Waals surface area contributed by atoms with E-state index in [-0.39, 0.29) is 0 Å². The Hall–Kier alpha value is -0.860. The smallest absolute Gasteiger partial charge is 0.118 e. The van der Waals surface area contributed by atoms with E-state index in [4.69, 9.17) is 0 Å². The van der Waals surface area contributed by atoms with Gasteiger partial charge >= 0.3 is 0 Å². The molecule has 0 spiro atoms. The first-order chi connectivity index (χ1) is 10.1. The monoisotopic (exact) mass is 304 g/mol. The number of aliphatic hydroxyl groups is 1. The van der Waals surface area contributed by atoms with Crippen LogP contribution in [-0.2, 0) is 6.54 Å². The number of rotatable bonds is 4. The van der Waals surface area contributed by atoms with Crippen LogP contribution >= 0.6 is 0 Å². The second-order valence-corrected chi connectivity index (χ2v) is 8.57. The van der Waals surface area contributed by atoms with Gasteiger partial charge in [0.1, 0.15) is 18.2 Å². The zero-order valence-corrected chi connectivity index (χ0v) is 15.3. The van der Waals surface area contributed by atoms with Crippen LogP contribution < -0.4 is 0 Å². The SMILES string of the molecule is Cc1ccc(C[N+](C)(C)C2CC(C(C)C)CCC2(C)O)cc1. The predicted molar refractivity (Wildman–Crippen MR) is 93.6 cm³/mol. The average Bonchev–Trinajstić information content (AvgIpc) is 2.40.